The molecule has 2 bridgehead atoms. The van der Waals surface area contributed by atoms with Crippen LogP contribution in [0.25, 0.3) is 11.1 Å². The molecule has 0 unspecified atom stereocenters. The summed E-state index contributed by atoms with van der Waals surface area (Å²) in [5.74, 6) is 0.0965. The zero-order chi connectivity index (χ0) is 16.7. The Hall–Kier alpha value is -2.07. The molecule has 2 aliphatic rings. The zero-order valence-corrected chi connectivity index (χ0v) is 14.1. The van der Waals surface area contributed by atoms with Crippen molar-refractivity contribution in [2.24, 2.45) is 5.92 Å². The molecular weight excluding hydrogens is 301 g/mol. The molecule has 0 aliphatic carbocycles. The minimum absolute atomic E-state index is 0.0708. The van der Waals surface area contributed by atoms with Gasteiger partial charge < -0.3 is 9.15 Å². The molecule has 24 heavy (non-hydrogen) atoms. The Morgan fingerprint density at radius 2 is 1.96 bits per heavy atom. The van der Waals surface area contributed by atoms with Crippen molar-refractivity contribution in [1.29, 1.82) is 0 Å². The molecule has 2 aliphatic heterocycles. The summed E-state index contributed by atoms with van der Waals surface area (Å²) >= 11 is 0. The lowest BCUT2D eigenvalue weighted by molar-refractivity contribution is -0.150. The van der Waals surface area contributed by atoms with Gasteiger partial charge in [0.15, 0.2) is 0 Å². The van der Waals surface area contributed by atoms with E-state index in [1.807, 2.05) is 6.07 Å². The standard InChI is InChI=1S/C20H23NO3/c1-21-16-7-8-18(21)19(20(22)23-2)17(11-16)14-5-3-13(4-6-14)15-9-10-24-12-15/h3-6,9-10,12,16-19H,7-8,11H2,1-2H3/t16-,17+,18+,19-/m0/s1/i1-1. The maximum Gasteiger partial charge on any atom is 0.310 e. The molecule has 0 N–H and O–H groups in total. The molecular formula is C20H23NO3. The van der Waals surface area contributed by atoms with Gasteiger partial charge in [0.05, 0.1) is 25.6 Å². The van der Waals surface area contributed by atoms with Gasteiger partial charge in [0.2, 0.25) is 0 Å². The minimum atomic E-state index is -0.0730. The van der Waals surface area contributed by atoms with Crippen LogP contribution in [0.4, 0.5) is 0 Å². The average Bonchev–Trinajstić information content (AvgIpc) is 3.21. The average molecular weight is 324 g/mol. The van der Waals surface area contributed by atoms with Gasteiger partial charge in [0.25, 0.3) is 0 Å². The Bertz CT molecular complexity index is 707. The van der Waals surface area contributed by atoms with Crippen molar-refractivity contribution in [3.05, 3.63) is 48.4 Å². The number of methoxy groups -OCH3 is 1. The molecule has 2 fully saturated rings. The summed E-state index contributed by atoms with van der Waals surface area (Å²) in [5.41, 5.74) is 3.45. The Labute approximate surface area is 142 Å². The number of benzene rings is 1. The van der Waals surface area contributed by atoms with Crippen LogP contribution in [0.5, 0.6) is 0 Å². The van der Waals surface area contributed by atoms with E-state index in [0.29, 0.717) is 12.1 Å². The number of carbonyl (C=O) groups excluding carboxylic acids is 1. The molecule has 4 rings (SSSR count). The van der Waals surface area contributed by atoms with Gasteiger partial charge in [-0.2, -0.15) is 0 Å². The normalized spacial score (nSPS) is 29.6. The highest BCUT2D eigenvalue weighted by molar-refractivity contribution is 5.75. The van der Waals surface area contributed by atoms with Crippen LogP contribution in [0.15, 0.2) is 47.3 Å². The molecule has 4 atom stereocenters. The largest absolute Gasteiger partial charge is 0.472 e. The highest BCUT2D eigenvalue weighted by atomic mass is 16.5. The lowest BCUT2D eigenvalue weighted by atomic mass is 9.75. The van der Waals surface area contributed by atoms with Crippen molar-refractivity contribution in [1.82, 2.24) is 4.90 Å². The molecule has 3 heterocycles. The van der Waals surface area contributed by atoms with Gasteiger partial charge in [-0.1, -0.05) is 24.3 Å². The van der Waals surface area contributed by atoms with Gasteiger partial charge >= 0.3 is 5.97 Å². The van der Waals surface area contributed by atoms with E-state index >= 15 is 0 Å². The molecule has 2 aromatic rings. The molecule has 0 saturated carbocycles. The fraction of sp³-hybridized carbons (Fsp3) is 0.450. The van der Waals surface area contributed by atoms with Crippen LogP contribution in [0, 0.1) is 5.92 Å². The summed E-state index contributed by atoms with van der Waals surface area (Å²) in [5, 5.41) is 0. The van der Waals surface area contributed by atoms with Gasteiger partial charge in [-0.25, -0.2) is 0 Å². The van der Waals surface area contributed by atoms with Gasteiger partial charge in [-0.3, -0.25) is 9.69 Å². The van der Waals surface area contributed by atoms with Crippen molar-refractivity contribution in [2.75, 3.05) is 14.2 Å². The van der Waals surface area contributed by atoms with Crippen molar-refractivity contribution in [3.8, 4) is 11.1 Å². The van der Waals surface area contributed by atoms with Gasteiger partial charge in [0.1, 0.15) is 0 Å². The van der Waals surface area contributed by atoms with E-state index in [1.165, 1.54) is 19.1 Å². The third-order valence-corrected chi connectivity index (χ3v) is 5.94. The van der Waals surface area contributed by atoms with Crippen LogP contribution in [-0.2, 0) is 9.53 Å². The Morgan fingerprint density at radius 3 is 2.62 bits per heavy atom. The Balaban J connectivity index is 1.65. The first-order valence-electron chi connectivity index (χ1n) is 8.61. The number of fused-ring (bicyclic) bond motifs is 2. The van der Waals surface area contributed by atoms with Crippen molar-refractivity contribution < 1.29 is 13.9 Å². The van der Waals surface area contributed by atoms with E-state index in [1.54, 1.807) is 12.5 Å². The molecule has 0 amide bonds. The summed E-state index contributed by atoms with van der Waals surface area (Å²) < 4.78 is 10.3. The van der Waals surface area contributed by atoms with Crippen molar-refractivity contribution in [2.45, 2.75) is 37.3 Å². The van der Waals surface area contributed by atoms with E-state index in [-0.39, 0.29) is 17.8 Å². The SMILES string of the molecule is COC(=O)[C@H]1[C@@H](c2ccc(-c3ccoc3)cc2)C[C@@H]2CC[C@H]1N2[11CH3]. The smallest absolute Gasteiger partial charge is 0.310 e. The number of nitrogens with zero attached hydrogens (tertiary/aromatic N) is 1. The number of carbonyl (C=O) groups is 1. The zero-order valence-electron chi connectivity index (χ0n) is 14.1. The summed E-state index contributed by atoms with van der Waals surface area (Å²) in [6.45, 7) is 0. The molecule has 126 valence electrons. The van der Waals surface area contributed by atoms with Crippen LogP contribution >= 0.6 is 0 Å². The van der Waals surface area contributed by atoms with E-state index in [0.717, 1.165) is 24.0 Å². The second-order valence-corrected chi connectivity index (χ2v) is 6.99. The van der Waals surface area contributed by atoms with E-state index in [2.05, 4.69) is 36.2 Å². The summed E-state index contributed by atoms with van der Waals surface area (Å²) in [4.78, 5) is 14.9. The summed E-state index contributed by atoms with van der Waals surface area (Å²) in [6, 6.07) is 11.4. The van der Waals surface area contributed by atoms with E-state index < -0.39 is 0 Å². The second kappa shape index (κ2) is 6.10. The summed E-state index contributed by atoms with van der Waals surface area (Å²) in [7, 11) is 3.65. The minimum Gasteiger partial charge on any atom is -0.472 e. The molecule has 0 spiro atoms. The topological polar surface area (TPSA) is 42.7 Å². The fourth-order valence-corrected chi connectivity index (χ4v) is 4.62. The lowest BCUT2D eigenvalue weighted by Crippen LogP contribution is -2.49. The predicted molar refractivity (Wildman–Crippen MR) is 91.6 cm³/mol. The van der Waals surface area contributed by atoms with E-state index in [4.69, 9.17) is 9.15 Å². The first-order valence-corrected chi connectivity index (χ1v) is 8.61. The third kappa shape index (κ3) is 2.46. The monoisotopic (exact) mass is 324 g/mol. The molecule has 1 aromatic carbocycles. The first kappa shape index (κ1) is 15.5. The Kier molecular flexibility index (Phi) is 3.93. The number of hydrogen-bond donors (Lipinski definition) is 0. The van der Waals surface area contributed by atoms with Crippen molar-refractivity contribution in [3.63, 3.8) is 0 Å². The highest BCUT2D eigenvalue weighted by Crippen LogP contribution is 2.46. The maximum atomic E-state index is 12.5. The number of furan rings is 1. The van der Waals surface area contributed by atoms with Gasteiger partial charge in [0, 0.05) is 23.6 Å². The molecule has 4 heteroatoms. The number of hydrogen-bond acceptors (Lipinski definition) is 4. The number of piperidine rings is 1. The fourth-order valence-electron chi connectivity index (χ4n) is 4.62. The van der Waals surface area contributed by atoms with Gasteiger partial charge in [-0.15, -0.1) is 0 Å². The summed E-state index contributed by atoms with van der Waals surface area (Å²) in [6.07, 6.45) is 6.73. The van der Waals surface area contributed by atoms with E-state index in [9.17, 15) is 4.79 Å². The second-order valence-electron chi connectivity index (χ2n) is 6.99. The van der Waals surface area contributed by atoms with Crippen LogP contribution in [0.2, 0.25) is 0 Å². The van der Waals surface area contributed by atoms with Crippen LogP contribution < -0.4 is 0 Å². The third-order valence-electron chi connectivity index (χ3n) is 5.94. The van der Waals surface area contributed by atoms with Crippen molar-refractivity contribution >= 4 is 5.97 Å². The highest BCUT2D eigenvalue weighted by Gasteiger charge is 2.49. The molecule has 1 aromatic heterocycles. The first-order chi connectivity index (χ1) is 11.7. The number of rotatable bonds is 3. The lowest BCUT2D eigenvalue weighted by Gasteiger charge is -2.41. The van der Waals surface area contributed by atoms with Crippen LogP contribution in [0.3, 0.4) is 0 Å². The Morgan fingerprint density at radius 1 is 1.17 bits per heavy atom. The van der Waals surface area contributed by atoms with Crippen LogP contribution in [-0.4, -0.2) is 37.1 Å². The number of esters is 1. The molecule has 4 nitrogen and oxygen atoms in total. The quantitative estimate of drug-likeness (QED) is 0.808. The predicted octanol–water partition coefficient (Wildman–Crippen LogP) is 3.69. The van der Waals surface area contributed by atoms with Gasteiger partial charge in [-0.05, 0) is 43.5 Å². The maximum absolute atomic E-state index is 12.5. The van der Waals surface area contributed by atoms with Crippen LogP contribution in [0.1, 0.15) is 30.7 Å². The number of ether oxygens (including phenoxy) is 1. The molecule has 0 radical (unpaired) electrons. The molecule has 2 saturated heterocycles.